The molecule has 3 N–H and O–H groups in total. The third-order valence-corrected chi connectivity index (χ3v) is 5.38. The largest absolute Gasteiger partial charge is 0.444 e. The fraction of sp³-hybridized carbons (Fsp3) is 0.455. The molecule has 10 heteroatoms. The molecule has 0 aliphatic carbocycles. The van der Waals surface area contributed by atoms with Crippen LogP contribution in [0.2, 0.25) is 0 Å². The monoisotopic (exact) mass is 447 g/mol. The summed E-state index contributed by atoms with van der Waals surface area (Å²) in [7, 11) is 0. The van der Waals surface area contributed by atoms with Crippen molar-refractivity contribution < 1.29 is 23.1 Å². The van der Waals surface area contributed by atoms with Gasteiger partial charge in [-0.15, -0.1) is 0 Å². The lowest BCUT2D eigenvalue weighted by atomic mass is 9.72. The molecule has 172 valence electrons. The molecule has 8 nitrogen and oxygen atoms in total. The second-order valence-corrected chi connectivity index (χ2v) is 8.88. The molecular formula is C22H27F2N5O3. The molecule has 1 aliphatic heterocycles. The zero-order valence-corrected chi connectivity index (χ0v) is 18.3. The predicted octanol–water partition coefficient (Wildman–Crippen LogP) is 3.04. The number of rotatable bonds is 4. The topological polar surface area (TPSA) is 110 Å². The molecule has 2 aromatic rings. The molecule has 2 amide bonds. The number of hydrogen-bond donors (Lipinski definition) is 2. The smallest absolute Gasteiger partial charge is 0.410 e. The number of nitrogens with two attached hydrogens (primary N) is 1. The van der Waals surface area contributed by atoms with Gasteiger partial charge in [0.15, 0.2) is 11.5 Å². The normalized spacial score (nSPS) is 15.8. The maximum Gasteiger partial charge on any atom is 0.410 e. The molecule has 32 heavy (non-hydrogen) atoms. The van der Waals surface area contributed by atoms with E-state index < -0.39 is 34.7 Å². The standard InChI is InChI=1S/C22H27F2N5O3/c1-21(2,3)32-20(31)29-8-4-22(5-9-29,14-10-15(23)12-16(24)11-14)13-28-19(30)17-18(25)27-7-6-26-17/h6-7,10-12H,4-5,8-9,13H2,1-3H3,(H2,25,27)(H,28,30). The Morgan fingerprint density at radius 3 is 2.28 bits per heavy atom. The van der Waals surface area contributed by atoms with Gasteiger partial charge in [-0.25, -0.2) is 23.5 Å². The van der Waals surface area contributed by atoms with E-state index in [2.05, 4.69) is 15.3 Å². The van der Waals surface area contributed by atoms with Crippen molar-refractivity contribution in [2.75, 3.05) is 25.4 Å². The lowest BCUT2D eigenvalue weighted by Crippen LogP contribution is -2.51. The van der Waals surface area contributed by atoms with E-state index in [0.717, 1.165) is 6.07 Å². The summed E-state index contributed by atoms with van der Waals surface area (Å²) in [6.07, 6.45) is 3.00. The highest BCUT2D eigenvalue weighted by Gasteiger charge is 2.39. The molecule has 0 unspecified atom stereocenters. The van der Waals surface area contributed by atoms with Gasteiger partial charge in [0.2, 0.25) is 0 Å². The Morgan fingerprint density at radius 2 is 1.72 bits per heavy atom. The molecule has 1 aliphatic rings. The SMILES string of the molecule is CC(C)(C)OC(=O)N1CCC(CNC(=O)c2nccnc2N)(c2cc(F)cc(F)c2)CC1. The quantitative estimate of drug-likeness (QED) is 0.746. The molecule has 3 rings (SSSR count). The van der Waals surface area contributed by atoms with Crippen LogP contribution in [0, 0.1) is 11.6 Å². The van der Waals surface area contributed by atoms with E-state index in [1.165, 1.54) is 24.5 Å². The molecule has 0 spiro atoms. The van der Waals surface area contributed by atoms with Gasteiger partial charge in [0.25, 0.3) is 5.91 Å². The molecule has 1 aromatic heterocycles. The predicted molar refractivity (Wildman–Crippen MR) is 114 cm³/mol. The number of aromatic nitrogens is 2. The number of carbonyl (C=O) groups is 2. The number of likely N-dealkylation sites (tertiary alicyclic amines) is 1. The minimum Gasteiger partial charge on any atom is -0.444 e. The van der Waals surface area contributed by atoms with E-state index in [1.54, 1.807) is 25.7 Å². The van der Waals surface area contributed by atoms with E-state index in [4.69, 9.17) is 10.5 Å². The first-order chi connectivity index (χ1) is 15.0. The van der Waals surface area contributed by atoms with Gasteiger partial charge in [-0.3, -0.25) is 4.79 Å². The molecule has 1 aromatic carbocycles. The van der Waals surface area contributed by atoms with Crippen molar-refractivity contribution in [3.8, 4) is 0 Å². The van der Waals surface area contributed by atoms with Crippen LogP contribution in [0.1, 0.15) is 49.7 Å². The Balaban J connectivity index is 1.81. The van der Waals surface area contributed by atoms with Gasteiger partial charge in [0.1, 0.15) is 17.2 Å². The summed E-state index contributed by atoms with van der Waals surface area (Å²) >= 11 is 0. The highest BCUT2D eigenvalue weighted by atomic mass is 19.1. The van der Waals surface area contributed by atoms with Crippen LogP contribution in [0.3, 0.4) is 0 Å². The number of nitrogens with zero attached hydrogens (tertiary/aromatic N) is 3. The van der Waals surface area contributed by atoms with Crippen molar-refractivity contribution in [1.82, 2.24) is 20.2 Å². The van der Waals surface area contributed by atoms with Gasteiger partial charge >= 0.3 is 6.09 Å². The number of ether oxygens (including phenoxy) is 1. The number of amides is 2. The summed E-state index contributed by atoms with van der Waals surface area (Å²) < 4.78 is 33.5. The number of halogens is 2. The van der Waals surface area contributed by atoms with E-state index in [1.807, 2.05) is 0 Å². The minimum absolute atomic E-state index is 0.0180. The number of piperidine rings is 1. The Hall–Kier alpha value is -3.30. The second-order valence-electron chi connectivity index (χ2n) is 8.88. The molecule has 1 fully saturated rings. The maximum absolute atomic E-state index is 14.0. The van der Waals surface area contributed by atoms with Crippen molar-refractivity contribution >= 4 is 17.8 Å². The summed E-state index contributed by atoms with van der Waals surface area (Å²) in [6.45, 7) is 6.02. The van der Waals surface area contributed by atoms with Crippen molar-refractivity contribution in [2.45, 2.75) is 44.6 Å². The van der Waals surface area contributed by atoms with Gasteiger partial charge in [-0.1, -0.05) is 0 Å². The van der Waals surface area contributed by atoms with Crippen LogP contribution in [-0.4, -0.2) is 52.1 Å². The number of nitrogens with one attached hydrogen (secondary N) is 1. The molecule has 0 radical (unpaired) electrons. The van der Waals surface area contributed by atoms with E-state index in [9.17, 15) is 18.4 Å². The molecule has 1 saturated heterocycles. The number of hydrogen-bond acceptors (Lipinski definition) is 6. The number of benzene rings is 1. The minimum atomic E-state index is -0.798. The Morgan fingerprint density at radius 1 is 1.12 bits per heavy atom. The molecule has 0 atom stereocenters. The third-order valence-electron chi connectivity index (χ3n) is 5.38. The Kier molecular flexibility index (Phi) is 6.61. The highest BCUT2D eigenvalue weighted by Crippen LogP contribution is 2.36. The first kappa shape index (κ1) is 23.4. The van der Waals surface area contributed by atoms with Gasteiger partial charge in [-0.2, -0.15) is 0 Å². The molecule has 2 heterocycles. The van der Waals surface area contributed by atoms with Crippen molar-refractivity contribution in [2.24, 2.45) is 0 Å². The molecular weight excluding hydrogens is 420 g/mol. The number of anilines is 1. The summed E-state index contributed by atoms with van der Waals surface area (Å²) in [5, 5.41) is 2.77. The highest BCUT2D eigenvalue weighted by molar-refractivity contribution is 5.96. The summed E-state index contributed by atoms with van der Waals surface area (Å²) in [6, 6.07) is 3.32. The average Bonchev–Trinajstić information content (AvgIpc) is 2.71. The van der Waals surface area contributed by atoms with Gasteiger partial charge in [-0.05, 0) is 51.3 Å². The first-order valence-electron chi connectivity index (χ1n) is 10.3. The maximum atomic E-state index is 14.0. The van der Waals surface area contributed by atoms with E-state index in [0.29, 0.717) is 31.5 Å². The van der Waals surface area contributed by atoms with Crippen LogP contribution < -0.4 is 11.1 Å². The number of nitrogen functional groups attached to an aromatic ring is 1. The summed E-state index contributed by atoms with van der Waals surface area (Å²) in [5.41, 5.74) is 4.67. The second kappa shape index (κ2) is 9.05. The molecule has 0 bridgehead atoms. The van der Waals surface area contributed by atoms with Gasteiger partial charge < -0.3 is 20.7 Å². The third kappa shape index (κ3) is 5.49. The van der Waals surface area contributed by atoms with Crippen LogP contribution in [0.5, 0.6) is 0 Å². The van der Waals surface area contributed by atoms with Crippen LogP contribution in [0.15, 0.2) is 30.6 Å². The Bertz CT molecular complexity index is 981. The lowest BCUT2D eigenvalue weighted by molar-refractivity contribution is 0.0161. The fourth-order valence-corrected chi connectivity index (χ4v) is 3.73. The van der Waals surface area contributed by atoms with Gasteiger partial charge in [0.05, 0.1) is 0 Å². The first-order valence-corrected chi connectivity index (χ1v) is 10.3. The van der Waals surface area contributed by atoms with E-state index in [-0.39, 0.29) is 18.1 Å². The molecule has 0 saturated carbocycles. The zero-order valence-electron chi connectivity index (χ0n) is 18.3. The Labute approximate surface area is 185 Å². The summed E-state index contributed by atoms with van der Waals surface area (Å²) in [5.74, 6) is -1.98. The van der Waals surface area contributed by atoms with Crippen LogP contribution in [-0.2, 0) is 10.2 Å². The van der Waals surface area contributed by atoms with E-state index >= 15 is 0 Å². The van der Waals surface area contributed by atoms with Crippen molar-refractivity contribution in [3.63, 3.8) is 0 Å². The van der Waals surface area contributed by atoms with Crippen molar-refractivity contribution in [3.05, 3.63) is 53.5 Å². The average molecular weight is 447 g/mol. The van der Waals surface area contributed by atoms with Crippen LogP contribution >= 0.6 is 0 Å². The zero-order chi connectivity index (χ0) is 23.5. The fourth-order valence-electron chi connectivity index (χ4n) is 3.73. The van der Waals surface area contributed by atoms with Crippen LogP contribution in [0.4, 0.5) is 19.4 Å². The van der Waals surface area contributed by atoms with Gasteiger partial charge in [0, 0.05) is 43.5 Å². The van der Waals surface area contributed by atoms with Crippen molar-refractivity contribution in [1.29, 1.82) is 0 Å². The van der Waals surface area contributed by atoms with Crippen LogP contribution in [0.25, 0.3) is 0 Å². The number of carbonyl (C=O) groups excluding carboxylic acids is 2. The summed E-state index contributed by atoms with van der Waals surface area (Å²) in [4.78, 5) is 34.4. The lowest BCUT2D eigenvalue weighted by Gasteiger charge is -2.42.